The SMILES string of the molecule is CCN(CCCCl)CCC1CCCO1. The summed E-state index contributed by atoms with van der Waals surface area (Å²) in [5.74, 6) is 0.774. The van der Waals surface area contributed by atoms with E-state index in [1.165, 1.54) is 19.3 Å². The molecule has 0 N–H and O–H groups in total. The number of halogens is 1. The molecule has 84 valence electrons. The first kappa shape index (κ1) is 12.3. The van der Waals surface area contributed by atoms with Crippen LogP contribution in [0.2, 0.25) is 0 Å². The van der Waals surface area contributed by atoms with Crippen LogP contribution in [0.15, 0.2) is 0 Å². The van der Waals surface area contributed by atoms with Crippen LogP contribution in [0.5, 0.6) is 0 Å². The number of rotatable bonds is 7. The van der Waals surface area contributed by atoms with Crippen molar-refractivity contribution in [3.63, 3.8) is 0 Å². The molecule has 0 aromatic rings. The Morgan fingerprint density at radius 1 is 1.43 bits per heavy atom. The summed E-state index contributed by atoms with van der Waals surface area (Å²) in [5, 5.41) is 0. The fourth-order valence-corrected chi connectivity index (χ4v) is 2.03. The normalized spacial score (nSPS) is 22.1. The molecule has 2 nitrogen and oxygen atoms in total. The Labute approximate surface area is 92.6 Å². The van der Waals surface area contributed by atoms with Crippen molar-refractivity contribution in [2.75, 3.05) is 32.1 Å². The summed E-state index contributed by atoms with van der Waals surface area (Å²) in [5.41, 5.74) is 0. The quantitative estimate of drug-likeness (QED) is 0.611. The molecular weight excluding hydrogens is 198 g/mol. The standard InChI is InChI=1S/C11H22ClNO/c1-2-13(8-4-7-12)9-6-11-5-3-10-14-11/h11H,2-10H2,1H3. The zero-order chi connectivity index (χ0) is 10.2. The molecule has 1 saturated heterocycles. The van der Waals surface area contributed by atoms with Crippen LogP contribution in [0, 0.1) is 0 Å². The van der Waals surface area contributed by atoms with E-state index in [2.05, 4.69) is 11.8 Å². The average molecular weight is 220 g/mol. The smallest absolute Gasteiger partial charge is 0.0588 e. The molecule has 1 atom stereocenters. The van der Waals surface area contributed by atoms with Gasteiger partial charge < -0.3 is 9.64 Å². The number of alkyl halides is 1. The molecule has 0 bridgehead atoms. The van der Waals surface area contributed by atoms with Gasteiger partial charge in [-0.2, -0.15) is 0 Å². The van der Waals surface area contributed by atoms with Gasteiger partial charge in [-0.25, -0.2) is 0 Å². The van der Waals surface area contributed by atoms with Crippen LogP contribution < -0.4 is 0 Å². The van der Waals surface area contributed by atoms with Gasteiger partial charge in [0, 0.05) is 19.0 Å². The summed E-state index contributed by atoms with van der Waals surface area (Å²) in [6.45, 7) is 6.61. The van der Waals surface area contributed by atoms with Gasteiger partial charge in [0.2, 0.25) is 0 Å². The largest absolute Gasteiger partial charge is 0.378 e. The van der Waals surface area contributed by atoms with Gasteiger partial charge in [-0.1, -0.05) is 6.92 Å². The third-order valence-corrected chi connectivity index (χ3v) is 3.11. The van der Waals surface area contributed by atoms with Crippen molar-refractivity contribution in [3.8, 4) is 0 Å². The summed E-state index contributed by atoms with van der Waals surface area (Å²) in [4.78, 5) is 2.46. The van der Waals surface area contributed by atoms with E-state index in [1.807, 2.05) is 0 Å². The van der Waals surface area contributed by atoms with Gasteiger partial charge in [0.05, 0.1) is 6.10 Å². The van der Waals surface area contributed by atoms with Gasteiger partial charge in [-0.3, -0.25) is 0 Å². The molecule has 1 heterocycles. The van der Waals surface area contributed by atoms with E-state index in [0.29, 0.717) is 6.10 Å². The molecule has 1 fully saturated rings. The minimum absolute atomic E-state index is 0.528. The second kappa shape index (κ2) is 7.49. The van der Waals surface area contributed by atoms with Gasteiger partial charge in [0.25, 0.3) is 0 Å². The molecule has 1 unspecified atom stereocenters. The summed E-state index contributed by atoms with van der Waals surface area (Å²) in [6.07, 6.45) is 5.32. The van der Waals surface area contributed by atoms with Gasteiger partial charge in [-0.05, 0) is 38.8 Å². The van der Waals surface area contributed by atoms with Crippen LogP contribution >= 0.6 is 11.6 Å². The maximum absolute atomic E-state index is 5.68. The molecule has 14 heavy (non-hydrogen) atoms. The minimum Gasteiger partial charge on any atom is -0.378 e. The maximum atomic E-state index is 5.68. The molecule has 1 rings (SSSR count). The molecule has 0 amide bonds. The third-order valence-electron chi connectivity index (χ3n) is 2.85. The third kappa shape index (κ3) is 4.63. The van der Waals surface area contributed by atoms with E-state index in [9.17, 15) is 0 Å². The molecule has 0 spiro atoms. The summed E-state index contributed by atoms with van der Waals surface area (Å²) in [6, 6.07) is 0. The van der Waals surface area contributed by atoms with Crippen molar-refractivity contribution >= 4 is 11.6 Å². The monoisotopic (exact) mass is 219 g/mol. The Bertz CT molecular complexity index is 137. The number of hydrogen-bond donors (Lipinski definition) is 0. The van der Waals surface area contributed by atoms with E-state index in [0.717, 1.165) is 38.5 Å². The van der Waals surface area contributed by atoms with E-state index in [4.69, 9.17) is 16.3 Å². The Kier molecular flexibility index (Phi) is 6.57. The first-order chi connectivity index (χ1) is 6.86. The summed E-state index contributed by atoms with van der Waals surface area (Å²) >= 11 is 5.68. The molecule has 0 aromatic carbocycles. The topological polar surface area (TPSA) is 12.5 Å². The Hall–Kier alpha value is 0.210. The number of ether oxygens (including phenoxy) is 1. The highest BCUT2D eigenvalue weighted by atomic mass is 35.5. The fraction of sp³-hybridized carbons (Fsp3) is 1.00. The molecular formula is C11H22ClNO. The lowest BCUT2D eigenvalue weighted by molar-refractivity contribution is 0.0927. The highest BCUT2D eigenvalue weighted by molar-refractivity contribution is 6.17. The summed E-state index contributed by atoms with van der Waals surface area (Å²) in [7, 11) is 0. The van der Waals surface area contributed by atoms with Crippen molar-refractivity contribution in [2.45, 2.75) is 38.7 Å². The fourth-order valence-electron chi connectivity index (χ4n) is 1.91. The van der Waals surface area contributed by atoms with E-state index >= 15 is 0 Å². The molecule has 3 heteroatoms. The second-order valence-corrected chi connectivity index (χ2v) is 4.28. The van der Waals surface area contributed by atoms with E-state index < -0.39 is 0 Å². The van der Waals surface area contributed by atoms with Gasteiger partial charge in [-0.15, -0.1) is 11.6 Å². The molecule has 0 aromatic heterocycles. The van der Waals surface area contributed by atoms with Crippen molar-refractivity contribution in [1.29, 1.82) is 0 Å². The van der Waals surface area contributed by atoms with Gasteiger partial charge in [0.1, 0.15) is 0 Å². The van der Waals surface area contributed by atoms with Crippen molar-refractivity contribution in [2.24, 2.45) is 0 Å². The zero-order valence-corrected chi connectivity index (χ0v) is 9.93. The Morgan fingerprint density at radius 2 is 2.29 bits per heavy atom. The van der Waals surface area contributed by atoms with Crippen LogP contribution in [0.25, 0.3) is 0 Å². The first-order valence-electron chi connectivity index (χ1n) is 5.76. The molecule has 0 saturated carbocycles. The lowest BCUT2D eigenvalue weighted by Gasteiger charge is -2.21. The maximum Gasteiger partial charge on any atom is 0.0588 e. The summed E-state index contributed by atoms with van der Waals surface area (Å²) < 4.78 is 5.60. The van der Waals surface area contributed by atoms with Gasteiger partial charge >= 0.3 is 0 Å². The predicted molar refractivity (Wildman–Crippen MR) is 61.0 cm³/mol. The van der Waals surface area contributed by atoms with Gasteiger partial charge in [0.15, 0.2) is 0 Å². The highest BCUT2D eigenvalue weighted by Crippen LogP contribution is 2.15. The van der Waals surface area contributed by atoms with Crippen LogP contribution in [0.3, 0.4) is 0 Å². The molecule has 1 aliphatic rings. The Morgan fingerprint density at radius 3 is 2.86 bits per heavy atom. The van der Waals surface area contributed by atoms with Crippen LogP contribution in [0.1, 0.15) is 32.6 Å². The van der Waals surface area contributed by atoms with E-state index in [-0.39, 0.29) is 0 Å². The van der Waals surface area contributed by atoms with E-state index in [1.54, 1.807) is 0 Å². The number of hydrogen-bond acceptors (Lipinski definition) is 2. The highest BCUT2D eigenvalue weighted by Gasteiger charge is 2.15. The van der Waals surface area contributed by atoms with Crippen LogP contribution in [-0.4, -0.2) is 43.1 Å². The Balaban J connectivity index is 2.06. The average Bonchev–Trinajstić information content (AvgIpc) is 2.71. The minimum atomic E-state index is 0.528. The molecule has 0 radical (unpaired) electrons. The lowest BCUT2D eigenvalue weighted by Crippen LogP contribution is -2.28. The lowest BCUT2D eigenvalue weighted by atomic mass is 10.2. The zero-order valence-electron chi connectivity index (χ0n) is 9.17. The van der Waals surface area contributed by atoms with Crippen molar-refractivity contribution in [1.82, 2.24) is 4.90 Å². The van der Waals surface area contributed by atoms with Crippen LogP contribution in [-0.2, 0) is 4.74 Å². The number of nitrogens with zero attached hydrogens (tertiary/aromatic N) is 1. The van der Waals surface area contributed by atoms with Crippen LogP contribution in [0.4, 0.5) is 0 Å². The molecule has 0 aliphatic carbocycles. The predicted octanol–water partition coefficient (Wildman–Crippen LogP) is 2.51. The first-order valence-corrected chi connectivity index (χ1v) is 6.30. The van der Waals surface area contributed by atoms with Crippen molar-refractivity contribution in [3.05, 3.63) is 0 Å². The molecule has 1 aliphatic heterocycles. The van der Waals surface area contributed by atoms with Crippen molar-refractivity contribution < 1.29 is 4.74 Å². The second-order valence-electron chi connectivity index (χ2n) is 3.90.